The minimum absolute atomic E-state index is 0.316. The summed E-state index contributed by atoms with van der Waals surface area (Å²) in [6, 6.07) is 13.5. The monoisotopic (exact) mass is 665 g/mol. The van der Waals surface area contributed by atoms with Crippen molar-refractivity contribution in [2.75, 3.05) is 30.3 Å². The lowest BCUT2D eigenvalue weighted by Gasteiger charge is -2.20. The van der Waals surface area contributed by atoms with Crippen LogP contribution in [0, 0.1) is 12.3 Å². The number of nitrogens with zero attached hydrogens (tertiary/aromatic N) is 6. The molecule has 2 aliphatic rings. The Bertz CT molecular complexity index is 2080. The quantitative estimate of drug-likeness (QED) is 0.171. The smallest absolute Gasteiger partial charge is 0.310 e. The van der Waals surface area contributed by atoms with Gasteiger partial charge in [-0.2, -0.15) is 0 Å². The third-order valence-electron chi connectivity index (χ3n) is 9.46. The number of amides is 1. The van der Waals surface area contributed by atoms with E-state index in [-0.39, 0.29) is 5.91 Å². The highest BCUT2D eigenvalue weighted by Crippen LogP contribution is 2.38. The van der Waals surface area contributed by atoms with Crippen LogP contribution < -0.4 is 16.0 Å². The van der Waals surface area contributed by atoms with Crippen LogP contribution in [0.2, 0.25) is 5.02 Å². The van der Waals surface area contributed by atoms with Crippen LogP contribution >= 0.6 is 11.6 Å². The van der Waals surface area contributed by atoms with E-state index in [4.69, 9.17) is 16.6 Å². The molecule has 246 valence electrons. The Hall–Kier alpha value is -4.91. The number of anilines is 3. The number of benzene rings is 2. The molecule has 1 fully saturated rings. The van der Waals surface area contributed by atoms with Crippen molar-refractivity contribution in [1.29, 1.82) is 0 Å². The Kier molecular flexibility index (Phi) is 8.32. The second-order valence-electron chi connectivity index (χ2n) is 12.8. The Morgan fingerprint density at radius 2 is 1.90 bits per heavy atom. The number of carboxylic acid groups (broad SMARTS) is 1. The van der Waals surface area contributed by atoms with Gasteiger partial charge in [-0.05, 0) is 61.7 Å². The number of hydrogen-bond donors (Lipinski definition) is 4. The molecule has 12 nitrogen and oxygen atoms in total. The molecule has 4 N–H and O–H groups in total. The zero-order valence-electron chi connectivity index (χ0n) is 27.0. The van der Waals surface area contributed by atoms with Gasteiger partial charge in [0, 0.05) is 62.8 Å². The van der Waals surface area contributed by atoms with Gasteiger partial charge in [-0.15, -0.1) is 0 Å². The van der Waals surface area contributed by atoms with Gasteiger partial charge >= 0.3 is 5.97 Å². The van der Waals surface area contributed by atoms with Crippen molar-refractivity contribution in [3.8, 4) is 11.1 Å². The molecule has 0 radical (unpaired) electrons. The molecule has 0 bridgehead atoms. The number of imidazole rings is 1. The molecule has 1 saturated heterocycles. The van der Waals surface area contributed by atoms with E-state index in [1.165, 1.54) is 6.33 Å². The predicted molar refractivity (Wildman–Crippen MR) is 184 cm³/mol. The number of aliphatic carboxylic acids is 1. The molecule has 0 aliphatic carbocycles. The van der Waals surface area contributed by atoms with Crippen molar-refractivity contribution in [3.05, 3.63) is 88.4 Å². The normalized spacial score (nSPS) is 17.8. The van der Waals surface area contributed by atoms with Crippen LogP contribution in [0.25, 0.3) is 22.2 Å². The topological polar surface area (TPSA) is 150 Å². The van der Waals surface area contributed by atoms with Crippen LogP contribution in [-0.4, -0.2) is 66.0 Å². The minimum Gasteiger partial charge on any atom is -0.481 e. The van der Waals surface area contributed by atoms with E-state index in [1.54, 1.807) is 19.2 Å². The van der Waals surface area contributed by atoms with Gasteiger partial charge < -0.3 is 25.6 Å². The highest BCUT2D eigenvalue weighted by molar-refractivity contribution is 6.36. The van der Waals surface area contributed by atoms with E-state index in [9.17, 15) is 14.7 Å². The summed E-state index contributed by atoms with van der Waals surface area (Å²) in [5.41, 5.74) is 7.43. The molecular formula is C35H36ClN9O3. The van der Waals surface area contributed by atoms with Crippen LogP contribution in [0.1, 0.15) is 46.5 Å². The fourth-order valence-corrected chi connectivity index (χ4v) is 6.93. The Morgan fingerprint density at radius 3 is 2.67 bits per heavy atom. The zero-order chi connectivity index (χ0) is 33.6. The SMILES string of the molecule is Cc1c(Nc2ncnc3cc(CN4CCC(C)(C(=O)O)C4)cnc23)cccc1-c1cccc(NC(=O)c2nc3c(n2C)CCNC3)c1Cl. The zero-order valence-corrected chi connectivity index (χ0v) is 27.7. The highest BCUT2D eigenvalue weighted by atomic mass is 35.5. The minimum atomic E-state index is -0.761. The van der Waals surface area contributed by atoms with Crippen molar-refractivity contribution in [1.82, 2.24) is 34.7 Å². The molecule has 2 aromatic carbocycles. The second kappa shape index (κ2) is 12.6. The lowest BCUT2D eigenvalue weighted by Crippen LogP contribution is -2.31. The fraction of sp³-hybridized carbons (Fsp3) is 0.314. The highest BCUT2D eigenvalue weighted by Gasteiger charge is 2.40. The third kappa shape index (κ3) is 5.87. The van der Waals surface area contributed by atoms with Gasteiger partial charge in [-0.3, -0.25) is 19.5 Å². The lowest BCUT2D eigenvalue weighted by atomic mass is 9.90. The summed E-state index contributed by atoms with van der Waals surface area (Å²) in [5.74, 6) is -0.166. The summed E-state index contributed by atoms with van der Waals surface area (Å²) in [6.45, 7) is 7.11. The third-order valence-corrected chi connectivity index (χ3v) is 9.87. The average molecular weight is 666 g/mol. The lowest BCUT2D eigenvalue weighted by molar-refractivity contribution is -0.147. The number of carbonyl (C=O) groups is 2. The number of rotatable bonds is 8. The summed E-state index contributed by atoms with van der Waals surface area (Å²) >= 11 is 6.95. The molecule has 5 aromatic rings. The van der Waals surface area contributed by atoms with Crippen LogP contribution in [0.4, 0.5) is 17.2 Å². The largest absolute Gasteiger partial charge is 0.481 e. The predicted octanol–water partition coefficient (Wildman–Crippen LogP) is 5.33. The summed E-state index contributed by atoms with van der Waals surface area (Å²) in [5, 5.41) is 19.7. The van der Waals surface area contributed by atoms with Crippen molar-refractivity contribution >= 4 is 51.7 Å². The van der Waals surface area contributed by atoms with Gasteiger partial charge in [0.25, 0.3) is 5.91 Å². The molecule has 48 heavy (non-hydrogen) atoms. The number of hydrogen-bond acceptors (Lipinski definition) is 9. The first-order valence-electron chi connectivity index (χ1n) is 15.9. The van der Waals surface area contributed by atoms with Crippen LogP contribution in [0.5, 0.6) is 0 Å². The van der Waals surface area contributed by atoms with Gasteiger partial charge in [-0.1, -0.05) is 35.9 Å². The molecule has 1 unspecified atom stereocenters. The van der Waals surface area contributed by atoms with Crippen molar-refractivity contribution in [3.63, 3.8) is 0 Å². The van der Waals surface area contributed by atoms with Gasteiger partial charge in [0.05, 0.1) is 27.3 Å². The first-order chi connectivity index (χ1) is 23.1. The summed E-state index contributed by atoms with van der Waals surface area (Å²) in [7, 11) is 1.87. The van der Waals surface area contributed by atoms with E-state index >= 15 is 0 Å². The van der Waals surface area contributed by atoms with Crippen molar-refractivity contribution in [2.45, 2.75) is 39.8 Å². The van der Waals surface area contributed by atoms with Crippen molar-refractivity contribution < 1.29 is 14.7 Å². The molecule has 7 rings (SSSR count). The molecular weight excluding hydrogens is 630 g/mol. The maximum Gasteiger partial charge on any atom is 0.310 e. The summed E-state index contributed by atoms with van der Waals surface area (Å²) < 4.78 is 1.86. The number of carboxylic acids is 1. The van der Waals surface area contributed by atoms with Crippen LogP contribution in [0.3, 0.4) is 0 Å². The molecule has 5 heterocycles. The number of fused-ring (bicyclic) bond motifs is 2. The summed E-state index contributed by atoms with van der Waals surface area (Å²) in [4.78, 5) is 45.4. The second-order valence-corrected chi connectivity index (χ2v) is 13.2. The maximum atomic E-state index is 13.3. The van der Waals surface area contributed by atoms with Gasteiger partial charge in [-0.25, -0.2) is 15.0 Å². The van der Waals surface area contributed by atoms with E-state index < -0.39 is 11.4 Å². The molecule has 3 aromatic heterocycles. The Morgan fingerprint density at radius 1 is 1.10 bits per heavy atom. The fourth-order valence-electron chi connectivity index (χ4n) is 6.65. The molecule has 0 saturated carbocycles. The van der Waals surface area contributed by atoms with Crippen molar-refractivity contribution in [2.24, 2.45) is 12.5 Å². The average Bonchev–Trinajstić information content (AvgIpc) is 3.63. The van der Waals surface area contributed by atoms with Gasteiger partial charge in [0.15, 0.2) is 11.6 Å². The Balaban J connectivity index is 1.11. The van der Waals surface area contributed by atoms with E-state index in [1.807, 2.05) is 54.9 Å². The first-order valence-corrected chi connectivity index (χ1v) is 16.3. The number of halogens is 1. The molecule has 1 amide bonds. The van der Waals surface area contributed by atoms with Crippen LogP contribution in [0.15, 0.2) is 55.0 Å². The maximum absolute atomic E-state index is 13.3. The molecule has 13 heteroatoms. The van der Waals surface area contributed by atoms with Gasteiger partial charge in [0.1, 0.15) is 11.8 Å². The van der Waals surface area contributed by atoms with E-state index in [0.717, 1.165) is 58.8 Å². The number of nitrogens with one attached hydrogen (secondary N) is 3. The molecule has 2 aliphatic heterocycles. The Labute approximate surface area is 282 Å². The number of pyridine rings is 1. The van der Waals surface area contributed by atoms with E-state index in [2.05, 4.69) is 35.8 Å². The first kappa shape index (κ1) is 31.7. The van der Waals surface area contributed by atoms with E-state index in [0.29, 0.717) is 59.4 Å². The number of carbonyl (C=O) groups excluding carboxylic acids is 1. The van der Waals surface area contributed by atoms with Gasteiger partial charge in [0.2, 0.25) is 0 Å². The number of aromatic nitrogens is 5. The molecule has 1 atom stereocenters. The molecule has 0 spiro atoms. The standard InChI is InChI=1S/C35H36ClN9O3/c1-20-22(23-7-5-9-25(29(23)36)43-33(46)32-42-27-16-37-12-10-28(27)44(32)3)6-4-8-24(20)41-31-30-26(39-19-40-31)14-21(15-38-30)17-45-13-11-35(2,18-45)34(47)48/h4-9,14-15,19,37H,10-13,16-18H2,1-3H3,(H,43,46)(H,47,48)(H,39,40,41). The summed E-state index contributed by atoms with van der Waals surface area (Å²) in [6.07, 6.45) is 4.74. The number of likely N-dealkylation sites (tertiary alicyclic amines) is 1. The van der Waals surface area contributed by atoms with Crippen LogP contribution in [-0.2, 0) is 31.4 Å².